The summed E-state index contributed by atoms with van der Waals surface area (Å²) in [5.41, 5.74) is -0.0889. The Morgan fingerprint density at radius 1 is 1.31 bits per heavy atom. The van der Waals surface area contributed by atoms with Crippen molar-refractivity contribution in [2.24, 2.45) is 0 Å². The van der Waals surface area contributed by atoms with E-state index in [0.29, 0.717) is 5.95 Å². The van der Waals surface area contributed by atoms with Crippen LogP contribution in [0.2, 0.25) is 0 Å². The SMILES string of the molecule is COc1ccc(F)cc1S(=O)(=O)NCc1cc(=O)[nH]c(N2CCCC2)n1. The second-order valence-electron chi connectivity index (χ2n) is 5.87. The Morgan fingerprint density at radius 2 is 2.04 bits per heavy atom. The Hall–Kier alpha value is -2.46. The molecular formula is C16H19FN4O4S. The van der Waals surface area contributed by atoms with E-state index >= 15 is 0 Å². The molecule has 2 aromatic rings. The number of sulfonamides is 1. The first kappa shape index (κ1) is 18.3. The summed E-state index contributed by atoms with van der Waals surface area (Å²) in [4.78, 5) is 20.4. The molecule has 1 saturated heterocycles. The predicted molar refractivity (Wildman–Crippen MR) is 93.3 cm³/mol. The number of nitrogens with one attached hydrogen (secondary N) is 2. The molecule has 8 nitrogen and oxygen atoms in total. The van der Waals surface area contributed by atoms with Crippen LogP contribution in [0, 0.1) is 5.82 Å². The topological polar surface area (TPSA) is 104 Å². The van der Waals surface area contributed by atoms with Gasteiger partial charge in [-0.05, 0) is 31.0 Å². The summed E-state index contributed by atoms with van der Waals surface area (Å²) in [5, 5.41) is 0. The lowest BCUT2D eigenvalue weighted by Crippen LogP contribution is -2.28. The van der Waals surface area contributed by atoms with Gasteiger partial charge in [-0.2, -0.15) is 0 Å². The molecule has 0 radical (unpaired) electrons. The van der Waals surface area contributed by atoms with E-state index in [0.717, 1.165) is 38.1 Å². The number of hydrogen-bond acceptors (Lipinski definition) is 6. The second-order valence-corrected chi connectivity index (χ2v) is 7.61. The molecule has 26 heavy (non-hydrogen) atoms. The summed E-state index contributed by atoms with van der Waals surface area (Å²) in [6, 6.07) is 4.45. The molecule has 0 saturated carbocycles. The van der Waals surface area contributed by atoms with Crippen LogP contribution < -0.4 is 19.9 Å². The lowest BCUT2D eigenvalue weighted by molar-refractivity contribution is 0.400. The first-order valence-corrected chi connectivity index (χ1v) is 9.56. The molecule has 2 N–H and O–H groups in total. The van der Waals surface area contributed by atoms with E-state index in [1.165, 1.54) is 19.2 Å². The average Bonchev–Trinajstić information content (AvgIpc) is 3.14. The minimum Gasteiger partial charge on any atom is -0.495 e. The van der Waals surface area contributed by atoms with Crippen LogP contribution in [0.5, 0.6) is 5.75 Å². The normalized spacial score (nSPS) is 14.6. The quantitative estimate of drug-likeness (QED) is 0.772. The first-order valence-electron chi connectivity index (χ1n) is 8.07. The van der Waals surface area contributed by atoms with Crippen LogP contribution in [-0.2, 0) is 16.6 Å². The minimum absolute atomic E-state index is 0.0236. The van der Waals surface area contributed by atoms with Crippen LogP contribution in [0.25, 0.3) is 0 Å². The molecule has 1 aromatic carbocycles. The van der Waals surface area contributed by atoms with E-state index in [-0.39, 0.29) is 28.4 Å². The molecule has 1 fully saturated rings. The van der Waals surface area contributed by atoms with Crippen molar-refractivity contribution in [2.75, 3.05) is 25.1 Å². The van der Waals surface area contributed by atoms with E-state index < -0.39 is 15.8 Å². The summed E-state index contributed by atoms with van der Waals surface area (Å²) in [6.45, 7) is 1.38. The smallest absolute Gasteiger partial charge is 0.252 e. The lowest BCUT2D eigenvalue weighted by Gasteiger charge is -2.16. The Morgan fingerprint density at radius 3 is 2.73 bits per heavy atom. The third-order valence-corrected chi connectivity index (χ3v) is 5.47. The number of halogens is 1. The maximum Gasteiger partial charge on any atom is 0.252 e. The number of aromatic amines is 1. The number of rotatable bonds is 6. The number of ether oxygens (including phenoxy) is 1. The Bertz CT molecular complexity index is 955. The highest BCUT2D eigenvalue weighted by Crippen LogP contribution is 2.24. The Labute approximate surface area is 150 Å². The van der Waals surface area contributed by atoms with E-state index in [9.17, 15) is 17.6 Å². The van der Waals surface area contributed by atoms with Crippen molar-refractivity contribution in [3.05, 3.63) is 46.1 Å². The van der Waals surface area contributed by atoms with Crippen LogP contribution in [0.1, 0.15) is 18.5 Å². The number of aromatic nitrogens is 2. The van der Waals surface area contributed by atoms with Crippen molar-refractivity contribution in [1.29, 1.82) is 0 Å². The van der Waals surface area contributed by atoms with Crippen LogP contribution in [0.3, 0.4) is 0 Å². The summed E-state index contributed by atoms with van der Waals surface area (Å²) >= 11 is 0. The van der Waals surface area contributed by atoms with Crippen molar-refractivity contribution < 1.29 is 17.5 Å². The zero-order valence-electron chi connectivity index (χ0n) is 14.2. The molecule has 0 spiro atoms. The molecule has 2 heterocycles. The molecule has 0 bridgehead atoms. The molecule has 140 valence electrons. The molecular weight excluding hydrogens is 363 g/mol. The summed E-state index contributed by atoms with van der Waals surface area (Å²) in [7, 11) is -2.75. The van der Waals surface area contributed by atoms with E-state index in [2.05, 4.69) is 14.7 Å². The molecule has 10 heteroatoms. The molecule has 0 aliphatic carbocycles. The van der Waals surface area contributed by atoms with E-state index in [1.807, 2.05) is 4.90 Å². The number of benzene rings is 1. The molecule has 0 amide bonds. The first-order chi connectivity index (χ1) is 12.4. The monoisotopic (exact) mass is 382 g/mol. The molecule has 3 rings (SSSR count). The standard InChI is InChI=1S/C16H19FN4O4S/c1-25-13-5-4-11(17)8-14(13)26(23,24)18-10-12-9-15(22)20-16(19-12)21-6-2-3-7-21/h4-5,8-9,18H,2-3,6-7,10H2,1H3,(H,19,20,22). The summed E-state index contributed by atoms with van der Waals surface area (Å²) < 4.78 is 45.7. The van der Waals surface area contributed by atoms with Gasteiger partial charge in [0.05, 0.1) is 19.3 Å². The Balaban J connectivity index is 1.82. The molecule has 1 aliphatic heterocycles. The number of H-pyrrole nitrogens is 1. The van der Waals surface area contributed by atoms with Gasteiger partial charge in [0.1, 0.15) is 16.5 Å². The van der Waals surface area contributed by atoms with Gasteiger partial charge in [0.25, 0.3) is 5.56 Å². The van der Waals surface area contributed by atoms with E-state index in [4.69, 9.17) is 4.74 Å². The second kappa shape index (κ2) is 7.42. The summed E-state index contributed by atoms with van der Waals surface area (Å²) in [5.74, 6) is -0.250. The largest absolute Gasteiger partial charge is 0.495 e. The average molecular weight is 382 g/mol. The highest BCUT2D eigenvalue weighted by Gasteiger charge is 2.21. The van der Waals surface area contributed by atoms with Gasteiger partial charge in [0, 0.05) is 19.2 Å². The predicted octanol–water partition coefficient (Wildman–Crippen LogP) is 0.996. The van der Waals surface area contributed by atoms with Gasteiger partial charge < -0.3 is 9.64 Å². The third kappa shape index (κ3) is 4.02. The maximum atomic E-state index is 13.4. The third-order valence-electron chi connectivity index (χ3n) is 4.05. The van der Waals surface area contributed by atoms with Crippen LogP contribution in [-0.4, -0.2) is 38.6 Å². The molecule has 1 aromatic heterocycles. The van der Waals surface area contributed by atoms with Crippen molar-refractivity contribution in [3.63, 3.8) is 0 Å². The highest BCUT2D eigenvalue weighted by molar-refractivity contribution is 7.89. The van der Waals surface area contributed by atoms with E-state index in [1.54, 1.807) is 0 Å². The van der Waals surface area contributed by atoms with Crippen molar-refractivity contribution in [1.82, 2.24) is 14.7 Å². The van der Waals surface area contributed by atoms with Crippen LogP contribution >= 0.6 is 0 Å². The van der Waals surface area contributed by atoms with Gasteiger partial charge in [-0.1, -0.05) is 0 Å². The summed E-state index contributed by atoms with van der Waals surface area (Å²) in [6.07, 6.45) is 2.03. The minimum atomic E-state index is -4.05. The van der Waals surface area contributed by atoms with Gasteiger partial charge in [0.2, 0.25) is 16.0 Å². The number of anilines is 1. The molecule has 0 unspecified atom stereocenters. The van der Waals surface area contributed by atoms with Crippen molar-refractivity contribution in [3.8, 4) is 5.75 Å². The fraction of sp³-hybridized carbons (Fsp3) is 0.375. The van der Waals surface area contributed by atoms with Crippen LogP contribution in [0.4, 0.5) is 10.3 Å². The van der Waals surface area contributed by atoms with Gasteiger partial charge in [-0.3, -0.25) is 9.78 Å². The van der Waals surface area contributed by atoms with Gasteiger partial charge in [0.15, 0.2) is 0 Å². The molecule has 0 atom stereocenters. The maximum absolute atomic E-state index is 13.4. The molecule has 1 aliphatic rings. The zero-order valence-corrected chi connectivity index (χ0v) is 15.0. The van der Waals surface area contributed by atoms with Crippen molar-refractivity contribution in [2.45, 2.75) is 24.3 Å². The van der Waals surface area contributed by atoms with Crippen molar-refractivity contribution >= 4 is 16.0 Å². The number of nitrogens with zero attached hydrogens (tertiary/aromatic N) is 2. The highest BCUT2D eigenvalue weighted by atomic mass is 32.2. The Kier molecular flexibility index (Phi) is 5.23. The fourth-order valence-corrected chi connectivity index (χ4v) is 3.95. The lowest BCUT2D eigenvalue weighted by atomic mass is 10.3. The van der Waals surface area contributed by atoms with Gasteiger partial charge >= 0.3 is 0 Å². The van der Waals surface area contributed by atoms with Gasteiger partial charge in [-0.25, -0.2) is 22.5 Å². The number of methoxy groups -OCH3 is 1. The fourth-order valence-electron chi connectivity index (χ4n) is 2.77. The zero-order chi connectivity index (χ0) is 18.7. The number of hydrogen-bond donors (Lipinski definition) is 2. The van der Waals surface area contributed by atoms with Gasteiger partial charge in [-0.15, -0.1) is 0 Å². The van der Waals surface area contributed by atoms with Crippen LogP contribution in [0.15, 0.2) is 34.0 Å².